The van der Waals surface area contributed by atoms with Gasteiger partial charge in [-0.15, -0.1) is 12.4 Å². The van der Waals surface area contributed by atoms with Crippen LogP contribution in [0.3, 0.4) is 0 Å². The molecule has 0 radical (unpaired) electrons. The van der Waals surface area contributed by atoms with Crippen LogP contribution < -0.4 is 20.1 Å². The van der Waals surface area contributed by atoms with Crippen LogP contribution in [0.15, 0.2) is 47.4 Å². The van der Waals surface area contributed by atoms with E-state index < -0.39 is 10.1 Å². The Balaban J connectivity index is 0.00000341. The van der Waals surface area contributed by atoms with Gasteiger partial charge in [-0.2, -0.15) is 8.42 Å². The number of nitrogens with one attached hydrogen (secondary N) is 3. The van der Waals surface area contributed by atoms with E-state index in [0.717, 1.165) is 18.8 Å². The highest BCUT2D eigenvalue weighted by Gasteiger charge is 2.17. The van der Waals surface area contributed by atoms with Gasteiger partial charge in [-0.3, -0.25) is 4.79 Å². The van der Waals surface area contributed by atoms with Crippen molar-refractivity contribution in [3.63, 3.8) is 0 Å². The van der Waals surface area contributed by atoms with Crippen LogP contribution in [0.25, 0.3) is 10.2 Å². The summed E-state index contributed by atoms with van der Waals surface area (Å²) in [7, 11) is -3.97. The highest BCUT2D eigenvalue weighted by atomic mass is 35.5. The predicted molar refractivity (Wildman–Crippen MR) is 127 cm³/mol. The minimum atomic E-state index is -3.97. The molecular formula is C20H25ClN4O4S2. The fraction of sp³-hybridized carbons (Fsp3) is 0.300. The van der Waals surface area contributed by atoms with E-state index >= 15 is 0 Å². The van der Waals surface area contributed by atoms with Crippen molar-refractivity contribution in [3.8, 4) is 5.75 Å². The number of benzene rings is 2. The van der Waals surface area contributed by atoms with E-state index in [1.165, 1.54) is 36.5 Å². The summed E-state index contributed by atoms with van der Waals surface area (Å²) >= 11 is 1.24. The monoisotopic (exact) mass is 484 g/mol. The lowest BCUT2D eigenvalue weighted by Gasteiger charge is -2.11. The lowest BCUT2D eigenvalue weighted by Crippen LogP contribution is -2.28. The van der Waals surface area contributed by atoms with Gasteiger partial charge in [0, 0.05) is 37.8 Å². The van der Waals surface area contributed by atoms with Gasteiger partial charge in [-0.05, 0) is 36.4 Å². The molecule has 3 rings (SSSR count). The predicted octanol–water partition coefficient (Wildman–Crippen LogP) is 3.85. The standard InChI is InChI=1S/C20H24N4O4S2.ClH/c1-13(2)21-10-11-22-15-4-7-17(8-5-15)30(26,27)28-16-6-9-18-19(12-16)29-20(24-18)23-14(3)25;/h4-9,12-13,21-22H,10-11H2,1-3H3,(H,23,24,25);1H. The third-order valence-corrected chi connectivity index (χ3v) is 6.19. The minimum Gasteiger partial charge on any atom is -0.384 e. The summed E-state index contributed by atoms with van der Waals surface area (Å²) in [5.74, 6) is -0.0373. The lowest BCUT2D eigenvalue weighted by atomic mass is 10.3. The van der Waals surface area contributed by atoms with Gasteiger partial charge in [-0.1, -0.05) is 25.2 Å². The topological polar surface area (TPSA) is 109 Å². The Morgan fingerprint density at radius 2 is 1.84 bits per heavy atom. The minimum absolute atomic E-state index is 0. The quantitative estimate of drug-likeness (QED) is 0.312. The Labute approximate surface area is 191 Å². The number of fused-ring (bicyclic) bond motifs is 1. The zero-order valence-electron chi connectivity index (χ0n) is 17.3. The first-order valence-electron chi connectivity index (χ1n) is 9.43. The van der Waals surface area contributed by atoms with E-state index in [1.54, 1.807) is 24.3 Å². The fourth-order valence-corrected chi connectivity index (χ4v) is 4.51. The molecule has 0 unspecified atom stereocenters. The van der Waals surface area contributed by atoms with Crippen molar-refractivity contribution in [2.24, 2.45) is 0 Å². The van der Waals surface area contributed by atoms with E-state index in [1.807, 2.05) is 0 Å². The molecule has 0 saturated heterocycles. The molecule has 3 N–H and O–H groups in total. The molecule has 0 aliphatic heterocycles. The first-order chi connectivity index (χ1) is 14.2. The van der Waals surface area contributed by atoms with Crippen LogP contribution in [0.1, 0.15) is 20.8 Å². The summed E-state index contributed by atoms with van der Waals surface area (Å²) in [6, 6.07) is 11.6. The SMILES string of the molecule is CC(=O)Nc1nc2ccc(OS(=O)(=O)c3ccc(NCCNC(C)C)cc3)cc2s1.Cl. The lowest BCUT2D eigenvalue weighted by molar-refractivity contribution is -0.114. The Morgan fingerprint density at radius 3 is 2.48 bits per heavy atom. The van der Waals surface area contributed by atoms with Crippen LogP contribution >= 0.6 is 23.7 Å². The van der Waals surface area contributed by atoms with Gasteiger partial charge in [0.2, 0.25) is 5.91 Å². The molecule has 0 aliphatic rings. The van der Waals surface area contributed by atoms with Crippen molar-refractivity contribution < 1.29 is 17.4 Å². The summed E-state index contributed by atoms with van der Waals surface area (Å²) in [6.45, 7) is 7.10. The number of aromatic nitrogens is 1. The number of halogens is 1. The van der Waals surface area contributed by atoms with Crippen LogP contribution in [0.2, 0.25) is 0 Å². The normalized spacial score (nSPS) is 11.2. The maximum Gasteiger partial charge on any atom is 0.339 e. The highest BCUT2D eigenvalue weighted by Crippen LogP contribution is 2.30. The molecule has 11 heteroatoms. The average molecular weight is 485 g/mol. The Bertz CT molecular complexity index is 1130. The zero-order chi connectivity index (χ0) is 21.7. The van der Waals surface area contributed by atoms with Gasteiger partial charge in [0.25, 0.3) is 0 Å². The summed E-state index contributed by atoms with van der Waals surface area (Å²) < 4.78 is 31.2. The number of rotatable bonds is 9. The van der Waals surface area contributed by atoms with Crippen LogP contribution in [0, 0.1) is 0 Å². The second kappa shape index (κ2) is 10.8. The number of amides is 1. The number of thiazole rings is 1. The number of hydrogen-bond acceptors (Lipinski definition) is 8. The van der Waals surface area contributed by atoms with Crippen molar-refractivity contribution >= 4 is 60.8 Å². The van der Waals surface area contributed by atoms with Gasteiger partial charge >= 0.3 is 10.1 Å². The largest absolute Gasteiger partial charge is 0.384 e. The Hall–Kier alpha value is -2.40. The van der Waals surface area contributed by atoms with Crippen molar-refractivity contribution in [3.05, 3.63) is 42.5 Å². The van der Waals surface area contributed by atoms with Gasteiger partial charge in [0.05, 0.1) is 10.2 Å². The van der Waals surface area contributed by atoms with Crippen molar-refractivity contribution in [2.75, 3.05) is 23.7 Å². The number of carbonyl (C=O) groups excluding carboxylic acids is 1. The van der Waals surface area contributed by atoms with Crippen LogP contribution in [0.4, 0.5) is 10.8 Å². The zero-order valence-corrected chi connectivity index (χ0v) is 19.8. The van der Waals surface area contributed by atoms with Crippen molar-refractivity contribution in [1.82, 2.24) is 10.3 Å². The number of nitrogens with zero attached hydrogens (tertiary/aromatic N) is 1. The number of anilines is 2. The smallest absolute Gasteiger partial charge is 0.339 e. The molecule has 1 aromatic heterocycles. The van der Waals surface area contributed by atoms with E-state index in [4.69, 9.17) is 4.18 Å². The van der Waals surface area contributed by atoms with E-state index in [2.05, 4.69) is 34.8 Å². The summed E-state index contributed by atoms with van der Waals surface area (Å²) in [4.78, 5) is 15.5. The molecule has 31 heavy (non-hydrogen) atoms. The third-order valence-electron chi connectivity index (χ3n) is 4.00. The van der Waals surface area contributed by atoms with Crippen LogP contribution in [-0.2, 0) is 14.9 Å². The van der Waals surface area contributed by atoms with Crippen LogP contribution in [0.5, 0.6) is 5.75 Å². The van der Waals surface area contributed by atoms with E-state index in [-0.39, 0.29) is 29.0 Å². The molecule has 0 saturated carbocycles. The molecule has 1 amide bonds. The number of carbonyl (C=O) groups is 1. The van der Waals surface area contributed by atoms with E-state index in [9.17, 15) is 13.2 Å². The number of hydrogen-bond donors (Lipinski definition) is 3. The Kier molecular flexibility index (Phi) is 8.63. The molecule has 0 aliphatic carbocycles. The molecule has 168 valence electrons. The molecule has 3 aromatic rings. The average Bonchev–Trinajstić information content (AvgIpc) is 3.06. The molecule has 2 aromatic carbocycles. The molecule has 1 heterocycles. The first-order valence-corrected chi connectivity index (χ1v) is 11.7. The summed E-state index contributed by atoms with van der Waals surface area (Å²) in [5.41, 5.74) is 1.48. The van der Waals surface area contributed by atoms with Gasteiger partial charge in [0.1, 0.15) is 10.6 Å². The van der Waals surface area contributed by atoms with Gasteiger partial charge in [-0.25, -0.2) is 4.98 Å². The van der Waals surface area contributed by atoms with Crippen molar-refractivity contribution in [2.45, 2.75) is 31.7 Å². The fourth-order valence-electron chi connectivity index (χ4n) is 2.64. The summed E-state index contributed by atoms with van der Waals surface area (Å²) in [5, 5.41) is 9.59. The maximum atomic E-state index is 12.6. The third kappa shape index (κ3) is 7.06. The molecule has 0 fully saturated rings. The molecule has 0 spiro atoms. The van der Waals surface area contributed by atoms with Crippen LogP contribution in [-0.4, -0.2) is 38.4 Å². The second-order valence-corrected chi connectivity index (χ2v) is 9.50. The molecular weight excluding hydrogens is 460 g/mol. The molecule has 0 bridgehead atoms. The molecule has 0 atom stereocenters. The van der Waals surface area contributed by atoms with Crippen molar-refractivity contribution in [1.29, 1.82) is 0 Å². The molecule has 8 nitrogen and oxygen atoms in total. The first kappa shape index (κ1) is 24.9. The van der Waals surface area contributed by atoms with Gasteiger partial charge in [0.15, 0.2) is 5.13 Å². The second-order valence-electron chi connectivity index (χ2n) is 6.93. The van der Waals surface area contributed by atoms with E-state index in [0.29, 0.717) is 21.4 Å². The highest BCUT2D eigenvalue weighted by molar-refractivity contribution is 7.87. The Morgan fingerprint density at radius 1 is 1.13 bits per heavy atom. The maximum absolute atomic E-state index is 12.6. The summed E-state index contributed by atoms with van der Waals surface area (Å²) in [6.07, 6.45) is 0. The van der Waals surface area contributed by atoms with Gasteiger partial charge < -0.3 is 20.1 Å².